The normalized spacial score (nSPS) is 10.8. The maximum Gasteiger partial charge on any atom is 0.139 e. The average Bonchev–Trinajstić information content (AvgIpc) is 2.43. The van der Waals surface area contributed by atoms with E-state index in [1.54, 1.807) is 6.33 Å². The van der Waals surface area contributed by atoms with Crippen molar-refractivity contribution in [1.82, 2.24) is 9.97 Å². The Morgan fingerprint density at radius 2 is 2.00 bits per heavy atom. The second kappa shape index (κ2) is 6.69. The highest BCUT2D eigenvalue weighted by Crippen LogP contribution is 2.22. The van der Waals surface area contributed by atoms with Gasteiger partial charge in [0, 0.05) is 23.8 Å². The van der Waals surface area contributed by atoms with Crippen molar-refractivity contribution in [1.29, 1.82) is 0 Å². The molecule has 2 rings (SSSR count). The van der Waals surface area contributed by atoms with Gasteiger partial charge in [-0.3, -0.25) is 0 Å². The molecule has 0 N–H and O–H groups in total. The quantitative estimate of drug-likeness (QED) is 0.763. The van der Waals surface area contributed by atoms with Gasteiger partial charge in [0.25, 0.3) is 0 Å². The number of unbranched alkanes of at least 4 members (excludes halogenated alkanes) is 1. The van der Waals surface area contributed by atoms with Crippen molar-refractivity contribution in [3.05, 3.63) is 30.6 Å². The Kier molecular flexibility index (Phi) is 4.93. The van der Waals surface area contributed by atoms with Crippen molar-refractivity contribution in [2.45, 2.75) is 19.8 Å². The van der Waals surface area contributed by atoms with Gasteiger partial charge < -0.3 is 4.90 Å². The minimum Gasteiger partial charge on any atom is -0.355 e. The van der Waals surface area contributed by atoms with Gasteiger partial charge in [-0.1, -0.05) is 41.4 Å². The van der Waals surface area contributed by atoms with Gasteiger partial charge in [-0.15, -0.1) is 0 Å². The number of hydrogen-bond acceptors (Lipinski definition) is 3. The number of fused-ring (bicyclic) bond motifs is 1. The van der Waals surface area contributed by atoms with Crippen LogP contribution in [0, 0.1) is 0 Å². The molecule has 1 aromatic heterocycles. The number of anilines is 1. The minimum atomic E-state index is 0.953. The van der Waals surface area contributed by atoms with Gasteiger partial charge >= 0.3 is 0 Å². The van der Waals surface area contributed by atoms with E-state index in [1.807, 2.05) is 18.2 Å². The van der Waals surface area contributed by atoms with Gasteiger partial charge in [0.1, 0.15) is 12.1 Å². The van der Waals surface area contributed by atoms with Crippen molar-refractivity contribution < 1.29 is 0 Å². The van der Waals surface area contributed by atoms with Crippen molar-refractivity contribution in [2.75, 3.05) is 23.3 Å². The molecule has 0 aliphatic heterocycles. The van der Waals surface area contributed by atoms with Crippen LogP contribution >= 0.6 is 15.9 Å². The molecular weight excluding hydrogens is 290 g/mol. The largest absolute Gasteiger partial charge is 0.355 e. The predicted molar refractivity (Wildman–Crippen MR) is 80.5 cm³/mol. The standard InChI is InChI=1S/C14H18BrN3/c1-2-3-9-18(10-8-15)14-12-6-4-5-7-13(12)16-11-17-14/h4-7,11H,2-3,8-10H2,1H3. The monoisotopic (exact) mass is 307 g/mol. The molecule has 1 aromatic carbocycles. The fourth-order valence-electron chi connectivity index (χ4n) is 2.02. The average molecular weight is 308 g/mol. The van der Waals surface area contributed by atoms with Crippen LogP contribution in [0.25, 0.3) is 10.9 Å². The summed E-state index contributed by atoms with van der Waals surface area (Å²) in [6.07, 6.45) is 4.04. The third-order valence-electron chi connectivity index (χ3n) is 2.96. The Bertz CT molecular complexity index is 496. The number of para-hydroxylation sites is 1. The van der Waals surface area contributed by atoms with Crippen LogP contribution in [0.1, 0.15) is 19.8 Å². The second-order valence-electron chi connectivity index (χ2n) is 4.24. The topological polar surface area (TPSA) is 29.0 Å². The van der Waals surface area contributed by atoms with Gasteiger partial charge in [0.05, 0.1) is 5.52 Å². The predicted octanol–water partition coefficient (Wildman–Crippen LogP) is 3.63. The highest BCUT2D eigenvalue weighted by atomic mass is 79.9. The number of halogens is 1. The summed E-state index contributed by atoms with van der Waals surface area (Å²) in [6.45, 7) is 4.23. The molecule has 0 spiro atoms. The molecule has 1 heterocycles. The van der Waals surface area contributed by atoms with Crippen molar-refractivity contribution in [2.24, 2.45) is 0 Å². The molecule has 0 atom stereocenters. The molecule has 0 amide bonds. The molecular formula is C14H18BrN3. The van der Waals surface area contributed by atoms with Gasteiger partial charge in [0.15, 0.2) is 0 Å². The molecule has 96 valence electrons. The lowest BCUT2D eigenvalue weighted by Crippen LogP contribution is -2.27. The Morgan fingerprint density at radius 1 is 1.17 bits per heavy atom. The molecule has 18 heavy (non-hydrogen) atoms. The Morgan fingerprint density at radius 3 is 2.78 bits per heavy atom. The smallest absolute Gasteiger partial charge is 0.139 e. The molecule has 0 radical (unpaired) electrons. The van der Waals surface area contributed by atoms with Gasteiger partial charge in [-0.2, -0.15) is 0 Å². The summed E-state index contributed by atoms with van der Waals surface area (Å²) >= 11 is 3.52. The maximum absolute atomic E-state index is 4.47. The van der Waals surface area contributed by atoms with E-state index >= 15 is 0 Å². The zero-order valence-corrected chi connectivity index (χ0v) is 12.2. The van der Waals surface area contributed by atoms with E-state index in [-0.39, 0.29) is 0 Å². The van der Waals surface area contributed by atoms with Crippen LogP contribution in [-0.2, 0) is 0 Å². The zero-order chi connectivity index (χ0) is 12.8. The van der Waals surface area contributed by atoms with Crippen LogP contribution in [0.3, 0.4) is 0 Å². The molecule has 0 saturated carbocycles. The first-order chi connectivity index (χ1) is 8.86. The summed E-state index contributed by atoms with van der Waals surface area (Å²) in [5.74, 6) is 1.05. The van der Waals surface area contributed by atoms with Crippen molar-refractivity contribution in [3.8, 4) is 0 Å². The molecule has 4 heteroatoms. The number of benzene rings is 1. The van der Waals surface area contributed by atoms with E-state index in [0.29, 0.717) is 0 Å². The van der Waals surface area contributed by atoms with E-state index in [9.17, 15) is 0 Å². The second-order valence-corrected chi connectivity index (χ2v) is 5.04. The maximum atomic E-state index is 4.47. The summed E-state index contributed by atoms with van der Waals surface area (Å²) in [4.78, 5) is 11.1. The third kappa shape index (κ3) is 2.99. The van der Waals surface area contributed by atoms with E-state index in [1.165, 1.54) is 12.8 Å². The number of alkyl halides is 1. The van der Waals surface area contributed by atoms with Crippen molar-refractivity contribution in [3.63, 3.8) is 0 Å². The van der Waals surface area contributed by atoms with Crippen LogP contribution < -0.4 is 4.90 Å². The summed E-state index contributed by atoms with van der Waals surface area (Å²) in [5.41, 5.74) is 1.01. The number of hydrogen-bond donors (Lipinski definition) is 0. The van der Waals surface area contributed by atoms with Crippen LogP contribution in [0.5, 0.6) is 0 Å². The zero-order valence-electron chi connectivity index (χ0n) is 10.6. The summed E-state index contributed by atoms with van der Waals surface area (Å²) in [7, 11) is 0. The Balaban J connectivity index is 2.36. The lowest BCUT2D eigenvalue weighted by molar-refractivity contribution is 0.729. The summed E-state index contributed by atoms with van der Waals surface area (Å²) in [5, 5.41) is 2.09. The number of rotatable bonds is 6. The Hall–Kier alpha value is -1.16. The van der Waals surface area contributed by atoms with Crippen molar-refractivity contribution >= 4 is 32.7 Å². The van der Waals surface area contributed by atoms with Crippen LogP contribution in [0.4, 0.5) is 5.82 Å². The fraction of sp³-hybridized carbons (Fsp3) is 0.429. The summed E-state index contributed by atoms with van der Waals surface area (Å²) in [6, 6.07) is 8.19. The number of nitrogens with zero attached hydrogens (tertiary/aromatic N) is 3. The van der Waals surface area contributed by atoms with Gasteiger partial charge in [-0.25, -0.2) is 9.97 Å². The summed E-state index contributed by atoms with van der Waals surface area (Å²) < 4.78 is 0. The van der Waals surface area contributed by atoms with E-state index in [4.69, 9.17) is 0 Å². The van der Waals surface area contributed by atoms with Crippen LogP contribution in [0.2, 0.25) is 0 Å². The van der Waals surface area contributed by atoms with Gasteiger partial charge in [0.2, 0.25) is 0 Å². The number of aromatic nitrogens is 2. The molecule has 0 unspecified atom stereocenters. The Labute approximate surface area is 116 Å². The molecule has 3 nitrogen and oxygen atoms in total. The molecule has 0 aliphatic carbocycles. The molecule has 2 aromatic rings. The highest BCUT2D eigenvalue weighted by Gasteiger charge is 2.10. The SMILES string of the molecule is CCCCN(CCBr)c1ncnc2ccccc12. The fourth-order valence-corrected chi connectivity index (χ4v) is 2.45. The van der Waals surface area contributed by atoms with E-state index in [2.05, 4.69) is 43.8 Å². The first-order valence-electron chi connectivity index (χ1n) is 6.37. The van der Waals surface area contributed by atoms with Gasteiger partial charge in [-0.05, 0) is 18.6 Å². The third-order valence-corrected chi connectivity index (χ3v) is 3.31. The van der Waals surface area contributed by atoms with E-state index in [0.717, 1.165) is 35.1 Å². The van der Waals surface area contributed by atoms with E-state index < -0.39 is 0 Å². The minimum absolute atomic E-state index is 0.953. The van der Waals surface area contributed by atoms with Crippen LogP contribution in [-0.4, -0.2) is 28.4 Å². The highest BCUT2D eigenvalue weighted by molar-refractivity contribution is 9.09. The first-order valence-corrected chi connectivity index (χ1v) is 7.49. The molecule has 0 fully saturated rings. The lowest BCUT2D eigenvalue weighted by atomic mass is 10.2. The molecule has 0 aliphatic rings. The molecule has 0 saturated heterocycles. The first kappa shape index (κ1) is 13.3. The lowest BCUT2D eigenvalue weighted by Gasteiger charge is -2.23. The molecule has 0 bridgehead atoms. The van der Waals surface area contributed by atoms with Crippen LogP contribution in [0.15, 0.2) is 30.6 Å².